The van der Waals surface area contributed by atoms with Crippen LogP contribution in [0.3, 0.4) is 0 Å². The molecule has 2 aromatic rings. The summed E-state index contributed by atoms with van der Waals surface area (Å²) in [6.45, 7) is 0.399. The average molecular weight is 308 g/mol. The maximum atomic E-state index is 12.6. The lowest BCUT2D eigenvalue weighted by molar-refractivity contribution is -0.114. The Hall–Kier alpha value is -2.85. The predicted molar refractivity (Wildman–Crippen MR) is 88.0 cm³/mol. The maximum Gasteiger partial charge on any atom is 0.189 e. The predicted octanol–water partition coefficient (Wildman–Crippen LogP) is 3.16. The first-order chi connectivity index (χ1) is 11.1. The molecule has 0 aromatic heterocycles. The number of carbonyl (C=O) groups excluding carboxylic acids is 1. The lowest BCUT2D eigenvalue weighted by atomic mass is 9.97. The van der Waals surface area contributed by atoms with Crippen LogP contribution in [-0.4, -0.2) is 29.2 Å². The van der Waals surface area contributed by atoms with E-state index in [-0.39, 0.29) is 30.5 Å². The van der Waals surface area contributed by atoms with Gasteiger partial charge in [0, 0.05) is 22.3 Å². The van der Waals surface area contributed by atoms with E-state index in [1.807, 2.05) is 0 Å². The van der Waals surface area contributed by atoms with Crippen LogP contribution in [0.2, 0.25) is 0 Å². The summed E-state index contributed by atoms with van der Waals surface area (Å²) in [5.74, 6) is 0.0944. The maximum absolute atomic E-state index is 12.6. The number of hydrogen-bond acceptors (Lipinski definition) is 4. The molecule has 0 unspecified atom stereocenters. The van der Waals surface area contributed by atoms with Crippen molar-refractivity contribution >= 4 is 17.9 Å². The average Bonchev–Trinajstić information content (AvgIpc) is 2.55. The van der Waals surface area contributed by atoms with Gasteiger partial charge in [0.05, 0.1) is 13.2 Å². The molecule has 3 rings (SSSR count). The number of para-hydroxylation sites is 2. The van der Waals surface area contributed by atoms with Gasteiger partial charge < -0.3 is 14.9 Å². The molecule has 1 aliphatic rings. The van der Waals surface area contributed by atoms with E-state index in [1.54, 1.807) is 60.7 Å². The summed E-state index contributed by atoms with van der Waals surface area (Å²) in [4.78, 5) is 12.6. The van der Waals surface area contributed by atoms with Gasteiger partial charge in [-0.1, -0.05) is 36.4 Å². The monoisotopic (exact) mass is 308 g/mol. The molecule has 1 aliphatic heterocycles. The summed E-state index contributed by atoms with van der Waals surface area (Å²) < 4.78 is 5.47. The molecule has 4 nitrogen and oxygen atoms in total. The van der Waals surface area contributed by atoms with E-state index in [0.29, 0.717) is 22.3 Å². The van der Waals surface area contributed by atoms with Crippen molar-refractivity contribution in [2.24, 2.45) is 0 Å². The molecule has 23 heavy (non-hydrogen) atoms. The van der Waals surface area contributed by atoms with Crippen molar-refractivity contribution in [1.29, 1.82) is 0 Å². The quantitative estimate of drug-likeness (QED) is 0.836. The first-order valence-corrected chi connectivity index (χ1v) is 7.25. The van der Waals surface area contributed by atoms with Crippen molar-refractivity contribution in [2.45, 2.75) is 0 Å². The van der Waals surface area contributed by atoms with Crippen molar-refractivity contribution < 1.29 is 19.7 Å². The third-order valence-electron chi connectivity index (χ3n) is 3.63. The first kappa shape index (κ1) is 15.1. The van der Waals surface area contributed by atoms with E-state index in [2.05, 4.69) is 0 Å². The highest BCUT2D eigenvalue weighted by Crippen LogP contribution is 2.25. The number of phenolic OH excluding ortho intramolecular Hbond substituents is 2. The second kappa shape index (κ2) is 6.50. The van der Waals surface area contributed by atoms with Gasteiger partial charge >= 0.3 is 0 Å². The minimum absolute atomic E-state index is 0.115. The second-order valence-electron chi connectivity index (χ2n) is 5.28. The molecule has 116 valence electrons. The van der Waals surface area contributed by atoms with Gasteiger partial charge in [0.15, 0.2) is 5.78 Å². The van der Waals surface area contributed by atoms with Crippen LogP contribution in [0.15, 0.2) is 59.7 Å². The standard InChI is InChI=1S/C19H16O4/c20-17-7-3-1-5-13(17)9-15-11-23-12-16(19(15)22)10-14-6-2-4-8-18(14)21/h1-10,20-21H,11-12H2. The topological polar surface area (TPSA) is 66.8 Å². The number of hydrogen-bond donors (Lipinski definition) is 2. The lowest BCUT2D eigenvalue weighted by Gasteiger charge is -2.17. The molecular weight excluding hydrogens is 292 g/mol. The van der Waals surface area contributed by atoms with Crippen LogP contribution in [0, 0.1) is 0 Å². The Kier molecular flexibility index (Phi) is 4.26. The van der Waals surface area contributed by atoms with Crippen LogP contribution in [0.1, 0.15) is 11.1 Å². The fourth-order valence-corrected chi connectivity index (χ4v) is 2.42. The summed E-state index contributed by atoms with van der Waals surface area (Å²) in [5, 5.41) is 19.6. The summed E-state index contributed by atoms with van der Waals surface area (Å²) in [6, 6.07) is 13.6. The number of Topliss-reactive ketones (excluding diaryl/α,β-unsaturated/α-hetero) is 1. The first-order valence-electron chi connectivity index (χ1n) is 7.25. The molecule has 1 heterocycles. The number of aromatic hydroxyl groups is 2. The smallest absolute Gasteiger partial charge is 0.189 e. The van der Waals surface area contributed by atoms with E-state index in [1.165, 1.54) is 0 Å². The molecule has 1 saturated heterocycles. The summed E-state index contributed by atoms with van der Waals surface area (Å²) in [7, 11) is 0. The molecule has 0 atom stereocenters. The highest BCUT2D eigenvalue weighted by molar-refractivity contribution is 6.14. The molecular formula is C19H16O4. The van der Waals surface area contributed by atoms with Crippen molar-refractivity contribution in [2.75, 3.05) is 13.2 Å². The Morgan fingerprint density at radius 3 is 1.65 bits per heavy atom. The van der Waals surface area contributed by atoms with Crippen molar-refractivity contribution in [3.05, 3.63) is 70.8 Å². The zero-order chi connectivity index (χ0) is 16.2. The summed E-state index contributed by atoms with van der Waals surface area (Å²) in [6.07, 6.45) is 3.27. The van der Waals surface area contributed by atoms with E-state index < -0.39 is 0 Å². The van der Waals surface area contributed by atoms with Gasteiger partial charge in [-0.15, -0.1) is 0 Å². The molecule has 2 aromatic carbocycles. The minimum Gasteiger partial charge on any atom is -0.507 e. The van der Waals surface area contributed by atoms with Crippen LogP contribution < -0.4 is 0 Å². The van der Waals surface area contributed by atoms with Gasteiger partial charge in [-0.25, -0.2) is 0 Å². The number of carbonyl (C=O) groups is 1. The van der Waals surface area contributed by atoms with Crippen LogP contribution in [-0.2, 0) is 9.53 Å². The summed E-state index contributed by atoms with van der Waals surface area (Å²) in [5.41, 5.74) is 2.09. The number of rotatable bonds is 2. The van der Waals surface area contributed by atoms with Crippen LogP contribution in [0.5, 0.6) is 11.5 Å². The Morgan fingerprint density at radius 1 is 0.783 bits per heavy atom. The molecule has 0 saturated carbocycles. The Balaban J connectivity index is 1.93. The minimum atomic E-state index is -0.136. The number of benzene rings is 2. The Morgan fingerprint density at radius 2 is 1.22 bits per heavy atom. The fourth-order valence-electron chi connectivity index (χ4n) is 2.42. The largest absolute Gasteiger partial charge is 0.507 e. The van der Waals surface area contributed by atoms with Crippen LogP contribution >= 0.6 is 0 Å². The van der Waals surface area contributed by atoms with Gasteiger partial charge in [-0.05, 0) is 24.3 Å². The highest BCUT2D eigenvalue weighted by Gasteiger charge is 2.21. The van der Waals surface area contributed by atoms with Crippen molar-refractivity contribution in [3.63, 3.8) is 0 Å². The highest BCUT2D eigenvalue weighted by atomic mass is 16.5. The van der Waals surface area contributed by atoms with E-state index in [0.717, 1.165) is 0 Å². The second-order valence-corrected chi connectivity index (χ2v) is 5.28. The van der Waals surface area contributed by atoms with Gasteiger partial charge in [0.2, 0.25) is 0 Å². The SMILES string of the molecule is O=C1C(=Cc2ccccc2O)COCC1=Cc1ccccc1O. The zero-order valence-corrected chi connectivity index (χ0v) is 12.4. The molecule has 1 fully saturated rings. The third-order valence-corrected chi connectivity index (χ3v) is 3.63. The number of ketones is 1. The normalized spacial score (nSPS) is 18.5. The molecule has 0 spiro atoms. The fraction of sp³-hybridized carbons (Fsp3) is 0.105. The molecule has 0 radical (unpaired) electrons. The molecule has 0 amide bonds. The van der Waals surface area contributed by atoms with Crippen LogP contribution in [0.4, 0.5) is 0 Å². The molecule has 0 bridgehead atoms. The van der Waals surface area contributed by atoms with Crippen molar-refractivity contribution in [1.82, 2.24) is 0 Å². The van der Waals surface area contributed by atoms with E-state index in [4.69, 9.17) is 4.74 Å². The third kappa shape index (κ3) is 3.33. The lowest BCUT2D eigenvalue weighted by Crippen LogP contribution is -2.21. The van der Waals surface area contributed by atoms with Crippen LogP contribution in [0.25, 0.3) is 12.2 Å². The Bertz CT molecular complexity index is 737. The van der Waals surface area contributed by atoms with Gasteiger partial charge in [-0.2, -0.15) is 0 Å². The van der Waals surface area contributed by atoms with Gasteiger partial charge in [0.1, 0.15) is 11.5 Å². The summed E-state index contributed by atoms with van der Waals surface area (Å²) >= 11 is 0. The molecule has 0 aliphatic carbocycles. The zero-order valence-electron chi connectivity index (χ0n) is 12.4. The van der Waals surface area contributed by atoms with E-state index >= 15 is 0 Å². The molecule has 4 heteroatoms. The number of phenols is 2. The number of ether oxygens (including phenoxy) is 1. The van der Waals surface area contributed by atoms with Crippen molar-refractivity contribution in [3.8, 4) is 11.5 Å². The Labute approximate surface area is 134 Å². The van der Waals surface area contributed by atoms with Gasteiger partial charge in [0.25, 0.3) is 0 Å². The van der Waals surface area contributed by atoms with E-state index in [9.17, 15) is 15.0 Å². The van der Waals surface area contributed by atoms with Gasteiger partial charge in [-0.3, -0.25) is 4.79 Å². The molecule has 2 N–H and O–H groups in total.